The highest BCUT2D eigenvalue weighted by molar-refractivity contribution is 5.93. The number of ether oxygens (including phenoxy) is 1. The predicted octanol–water partition coefficient (Wildman–Crippen LogP) is 2.85. The van der Waals surface area contributed by atoms with Gasteiger partial charge in [-0.05, 0) is 23.8 Å². The largest absolute Gasteiger partial charge is 0.496 e. The predicted molar refractivity (Wildman–Crippen MR) is 107 cm³/mol. The summed E-state index contributed by atoms with van der Waals surface area (Å²) < 4.78 is 5.38. The molecule has 0 saturated carbocycles. The zero-order valence-electron chi connectivity index (χ0n) is 15.8. The van der Waals surface area contributed by atoms with Crippen LogP contribution >= 0.6 is 0 Å². The van der Waals surface area contributed by atoms with Crippen molar-refractivity contribution in [2.45, 2.75) is 12.6 Å². The SMILES string of the molecule is COc1ccccc1-c1cc(C(=O)N[C@@H](Cn2nccn2)c2ccccc2)[nH]n1. The van der Waals surface area contributed by atoms with Crippen molar-refractivity contribution in [3.63, 3.8) is 0 Å². The molecule has 8 nitrogen and oxygen atoms in total. The fourth-order valence-corrected chi connectivity index (χ4v) is 3.09. The third kappa shape index (κ3) is 4.16. The van der Waals surface area contributed by atoms with Crippen molar-refractivity contribution < 1.29 is 9.53 Å². The standard InChI is InChI=1S/C21H20N6O2/c1-29-20-10-6-5-9-16(20)17-13-18(26-25-17)21(28)24-19(14-27-22-11-12-23-27)15-7-3-2-4-8-15/h2-13,19H,14H2,1H3,(H,24,28)(H,25,26)/t19-/m0/s1. The van der Waals surface area contributed by atoms with E-state index < -0.39 is 0 Å². The third-order valence-corrected chi connectivity index (χ3v) is 4.53. The average Bonchev–Trinajstić information content (AvgIpc) is 3.46. The normalized spacial score (nSPS) is 11.8. The first kappa shape index (κ1) is 18.4. The number of rotatable bonds is 7. The molecule has 2 N–H and O–H groups in total. The number of carbonyl (C=O) groups excluding carboxylic acids is 1. The van der Waals surface area contributed by atoms with Gasteiger partial charge in [0.25, 0.3) is 5.91 Å². The molecule has 2 aromatic heterocycles. The first-order valence-electron chi connectivity index (χ1n) is 9.13. The fraction of sp³-hybridized carbons (Fsp3) is 0.143. The highest BCUT2D eigenvalue weighted by Crippen LogP contribution is 2.28. The van der Waals surface area contributed by atoms with Gasteiger partial charge in [0.2, 0.25) is 0 Å². The molecular formula is C21H20N6O2. The number of aromatic nitrogens is 5. The van der Waals surface area contributed by atoms with Gasteiger partial charge in [0.1, 0.15) is 11.4 Å². The van der Waals surface area contributed by atoms with Crippen molar-refractivity contribution in [1.29, 1.82) is 0 Å². The number of hydrogen-bond acceptors (Lipinski definition) is 5. The molecule has 1 atom stereocenters. The number of H-pyrrole nitrogens is 1. The highest BCUT2D eigenvalue weighted by Gasteiger charge is 2.19. The zero-order chi connectivity index (χ0) is 20.1. The number of methoxy groups -OCH3 is 1. The van der Waals surface area contributed by atoms with Crippen LogP contribution in [0.2, 0.25) is 0 Å². The molecule has 0 fully saturated rings. The molecule has 1 amide bonds. The molecule has 4 aromatic rings. The molecule has 0 aliphatic heterocycles. The van der Waals surface area contributed by atoms with Gasteiger partial charge in [-0.1, -0.05) is 42.5 Å². The maximum absolute atomic E-state index is 12.9. The Bertz CT molecular complexity index is 1080. The second-order valence-corrected chi connectivity index (χ2v) is 6.39. The summed E-state index contributed by atoms with van der Waals surface area (Å²) in [5.41, 5.74) is 2.77. The van der Waals surface area contributed by atoms with Crippen molar-refractivity contribution >= 4 is 5.91 Å². The Hall–Kier alpha value is -3.94. The molecule has 2 heterocycles. The number of nitrogens with one attached hydrogen (secondary N) is 2. The average molecular weight is 388 g/mol. The third-order valence-electron chi connectivity index (χ3n) is 4.53. The van der Waals surface area contributed by atoms with Gasteiger partial charge in [-0.25, -0.2) is 0 Å². The first-order valence-corrected chi connectivity index (χ1v) is 9.13. The fourth-order valence-electron chi connectivity index (χ4n) is 3.09. The molecule has 4 rings (SSSR count). The van der Waals surface area contributed by atoms with Gasteiger partial charge < -0.3 is 10.1 Å². The summed E-state index contributed by atoms with van der Waals surface area (Å²) in [6, 6.07) is 18.7. The van der Waals surface area contributed by atoms with E-state index in [0.29, 0.717) is 23.7 Å². The topological polar surface area (TPSA) is 97.7 Å². The lowest BCUT2D eigenvalue weighted by Gasteiger charge is -2.18. The summed E-state index contributed by atoms with van der Waals surface area (Å²) in [5.74, 6) is 0.428. The Kier molecular flexibility index (Phi) is 5.33. The quantitative estimate of drug-likeness (QED) is 0.507. The minimum Gasteiger partial charge on any atom is -0.496 e. The van der Waals surface area contributed by atoms with Gasteiger partial charge in [-0.2, -0.15) is 20.1 Å². The number of hydrogen-bond donors (Lipinski definition) is 2. The summed E-state index contributed by atoms with van der Waals surface area (Å²) in [6.45, 7) is 0.413. The maximum atomic E-state index is 12.9. The summed E-state index contributed by atoms with van der Waals surface area (Å²) in [6.07, 6.45) is 3.22. The lowest BCUT2D eigenvalue weighted by molar-refractivity contribution is 0.0925. The van der Waals surface area contributed by atoms with Crippen LogP contribution in [-0.2, 0) is 6.54 Å². The number of benzene rings is 2. The van der Waals surface area contributed by atoms with Crippen LogP contribution in [0, 0.1) is 0 Å². The molecule has 0 bridgehead atoms. The summed E-state index contributed by atoms with van der Waals surface area (Å²) in [7, 11) is 1.60. The molecule has 0 radical (unpaired) electrons. The molecular weight excluding hydrogens is 368 g/mol. The number of carbonyl (C=O) groups is 1. The molecule has 2 aromatic carbocycles. The van der Waals surface area contributed by atoms with E-state index in [4.69, 9.17) is 4.74 Å². The van der Waals surface area contributed by atoms with Gasteiger partial charge in [0.05, 0.1) is 37.8 Å². The van der Waals surface area contributed by atoms with E-state index in [1.54, 1.807) is 30.4 Å². The highest BCUT2D eigenvalue weighted by atomic mass is 16.5. The number of para-hydroxylation sites is 1. The van der Waals surface area contributed by atoms with Crippen molar-refractivity contribution in [3.05, 3.63) is 84.3 Å². The molecule has 146 valence electrons. The molecule has 0 aliphatic rings. The molecule has 0 aliphatic carbocycles. The molecule has 0 unspecified atom stereocenters. The van der Waals surface area contributed by atoms with E-state index in [1.807, 2.05) is 54.6 Å². The Morgan fingerprint density at radius 3 is 2.59 bits per heavy atom. The monoisotopic (exact) mass is 388 g/mol. The summed E-state index contributed by atoms with van der Waals surface area (Å²) >= 11 is 0. The van der Waals surface area contributed by atoms with Crippen molar-refractivity contribution in [3.8, 4) is 17.0 Å². The first-order chi connectivity index (χ1) is 14.2. The van der Waals surface area contributed by atoms with E-state index in [2.05, 4.69) is 25.7 Å². The van der Waals surface area contributed by atoms with E-state index in [-0.39, 0.29) is 11.9 Å². The van der Waals surface area contributed by atoms with E-state index >= 15 is 0 Å². The van der Waals surface area contributed by atoms with Crippen LogP contribution in [0.15, 0.2) is 73.1 Å². The van der Waals surface area contributed by atoms with Crippen molar-refractivity contribution in [2.75, 3.05) is 7.11 Å². The Labute approximate surface area is 167 Å². The minimum absolute atomic E-state index is 0.264. The van der Waals surface area contributed by atoms with Gasteiger partial charge in [-0.3, -0.25) is 9.89 Å². The maximum Gasteiger partial charge on any atom is 0.269 e. The summed E-state index contributed by atoms with van der Waals surface area (Å²) in [5, 5.41) is 18.4. The zero-order valence-corrected chi connectivity index (χ0v) is 15.8. The smallest absolute Gasteiger partial charge is 0.269 e. The van der Waals surface area contributed by atoms with Gasteiger partial charge in [0, 0.05) is 5.56 Å². The number of aromatic amines is 1. The lowest BCUT2D eigenvalue weighted by atomic mass is 10.1. The Balaban J connectivity index is 1.56. The van der Waals surface area contributed by atoms with Crippen LogP contribution in [0.1, 0.15) is 22.1 Å². The van der Waals surface area contributed by atoms with Crippen molar-refractivity contribution in [1.82, 2.24) is 30.5 Å². The number of nitrogens with zero attached hydrogens (tertiary/aromatic N) is 4. The van der Waals surface area contributed by atoms with E-state index in [9.17, 15) is 4.79 Å². The van der Waals surface area contributed by atoms with Gasteiger partial charge >= 0.3 is 0 Å². The molecule has 29 heavy (non-hydrogen) atoms. The Morgan fingerprint density at radius 2 is 1.83 bits per heavy atom. The number of amides is 1. The van der Waals surface area contributed by atoms with Gasteiger partial charge in [0.15, 0.2) is 0 Å². The van der Waals surface area contributed by atoms with Crippen molar-refractivity contribution in [2.24, 2.45) is 0 Å². The minimum atomic E-state index is -0.297. The molecule has 0 spiro atoms. The van der Waals surface area contributed by atoms with Crippen LogP contribution in [-0.4, -0.2) is 38.2 Å². The van der Waals surface area contributed by atoms with Gasteiger partial charge in [-0.15, -0.1) is 0 Å². The van der Waals surface area contributed by atoms with Crippen LogP contribution in [0.3, 0.4) is 0 Å². The summed E-state index contributed by atoms with van der Waals surface area (Å²) in [4.78, 5) is 14.4. The van der Waals surface area contributed by atoms with E-state index in [0.717, 1.165) is 11.1 Å². The van der Waals surface area contributed by atoms with Crippen LogP contribution in [0.5, 0.6) is 5.75 Å². The van der Waals surface area contributed by atoms with Crippen LogP contribution in [0.4, 0.5) is 0 Å². The van der Waals surface area contributed by atoms with Crippen LogP contribution < -0.4 is 10.1 Å². The molecule has 0 saturated heterocycles. The Morgan fingerprint density at radius 1 is 1.10 bits per heavy atom. The lowest BCUT2D eigenvalue weighted by Crippen LogP contribution is -2.32. The van der Waals surface area contributed by atoms with E-state index in [1.165, 1.54) is 0 Å². The second-order valence-electron chi connectivity index (χ2n) is 6.39. The molecule has 8 heteroatoms. The van der Waals surface area contributed by atoms with Crippen LogP contribution in [0.25, 0.3) is 11.3 Å². The second kappa shape index (κ2) is 8.39.